The fraction of sp³-hybridized carbons (Fsp3) is 0.405. The monoisotopic (exact) mass is 609 g/mol. The summed E-state index contributed by atoms with van der Waals surface area (Å²) in [4.78, 5) is 14.4. The van der Waals surface area contributed by atoms with E-state index in [2.05, 4.69) is 65.3 Å². The lowest BCUT2D eigenvalue weighted by molar-refractivity contribution is 0.284. The molecule has 0 unspecified atom stereocenters. The molecule has 1 aromatic heterocycles. The van der Waals surface area contributed by atoms with Crippen LogP contribution in [0.15, 0.2) is 72.8 Å². The van der Waals surface area contributed by atoms with Crippen molar-refractivity contribution in [2.75, 3.05) is 44.5 Å². The maximum absolute atomic E-state index is 6.92. The molecular formula is C37H47N5O3. The number of anilines is 2. The van der Waals surface area contributed by atoms with Gasteiger partial charge in [-0.15, -0.1) is 0 Å². The van der Waals surface area contributed by atoms with Gasteiger partial charge < -0.3 is 24.8 Å². The minimum Gasteiger partial charge on any atom is -0.497 e. The first-order valence-electron chi connectivity index (χ1n) is 16.1. The summed E-state index contributed by atoms with van der Waals surface area (Å²) in [5.41, 5.74) is 13.2. The molecule has 45 heavy (non-hydrogen) atoms. The Labute approximate surface area is 268 Å². The van der Waals surface area contributed by atoms with Crippen LogP contribution in [-0.2, 0) is 32.5 Å². The summed E-state index contributed by atoms with van der Waals surface area (Å²) in [5.74, 6) is 2.32. The highest BCUT2D eigenvalue weighted by Gasteiger charge is 2.20. The smallest absolute Gasteiger partial charge is 0.318 e. The fourth-order valence-electron chi connectivity index (χ4n) is 5.67. The number of nitrogens with two attached hydrogens (primary N) is 1. The number of rotatable bonds is 16. The van der Waals surface area contributed by atoms with Crippen molar-refractivity contribution in [3.8, 4) is 17.5 Å². The van der Waals surface area contributed by atoms with Crippen molar-refractivity contribution in [1.82, 2.24) is 14.9 Å². The predicted molar refractivity (Wildman–Crippen MR) is 181 cm³/mol. The third-order valence-electron chi connectivity index (χ3n) is 8.36. The number of hydrogen-bond donors (Lipinski definition) is 1. The molecule has 8 nitrogen and oxygen atoms in total. The van der Waals surface area contributed by atoms with Gasteiger partial charge in [-0.05, 0) is 91.7 Å². The van der Waals surface area contributed by atoms with Crippen LogP contribution in [0.5, 0.6) is 17.5 Å². The Morgan fingerprint density at radius 1 is 0.733 bits per heavy atom. The van der Waals surface area contributed by atoms with Gasteiger partial charge in [0.1, 0.15) is 11.5 Å². The highest BCUT2D eigenvalue weighted by Crippen LogP contribution is 2.31. The lowest BCUT2D eigenvalue weighted by Crippen LogP contribution is -2.25. The summed E-state index contributed by atoms with van der Waals surface area (Å²) in [6.45, 7) is 7.34. The van der Waals surface area contributed by atoms with Gasteiger partial charge in [-0.2, -0.15) is 9.97 Å². The Kier molecular flexibility index (Phi) is 11.5. The van der Waals surface area contributed by atoms with E-state index in [0.29, 0.717) is 43.6 Å². The first kappa shape index (κ1) is 32.1. The topological polar surface area (TPSA) is 86.0 Å². The van der Waals surface area contributed by atoms with Crippen LogP contribution < -0.4 is 24.8 Å². The molecule has 3 aromatic carbocycles. The number of nitrogens with zero attached hydrogens (tertiary/aromatic N) is 4. The Hall–Kier alpha value is -4.30. The molecule has 0 radical (unpaired) electrons. The van der Waals surface area contributed by atoms with Gasteiger partial charge in [0, 0.05) is 19.6 Å². The van der Waals surface area contributed by atoms with Crippen LogP contribution in [0.2, 0.25) is 0 Å². The third-order valence-corrected chi connectivity index (χ3v) is 8.36. The van der Waals surface area contributed by atoms with E-state index in [1.54, 1.807) is 14.2 Å². The fourth-order valence-corrected chi connectivity index (χ4v) is 5.67. The van der Waals surface area contributed by atoms with Crippen LogP contribution in [-0.4, -0.2) is 48.8 Å². The number of aromatic nitrogens is 2. The molecule has 4 aromatic rings. The first-order chi connectivity index (χ1) is 22.0. The molecule has 5 rings (SSSR count). The summed E-state index contributed by atoms with van der Waals surface area (Å²) in [5, 5.41) is 0. The maximum Gasteiger partial charge on any atom is 0.318 e. The Morgan fingerprint density at radius 3 is 1.84 bits per heavy atom. The second-order valence-electron chi connectivity index (χ2n) is 11.7. The van der Waals surface area contributed by atoms with Crippen LogP contribution in [0.4, 0.5) is 11.5 Å². The second kappa shape index (κ2) is 16.1. The average Bonchev–Trinajstić information content (AvgIpc) is 3.59. The molecule has 0 bridgehead atoms. The van der Waals surface area contributed by atoms with Gasteiger partial charge in [-0.1, -0.05) is 61.9 Å². The number of hydrogen-bond acceptors (Lipinski definition) is 8. The zero-order valence-corrected chi connectivity index (χ0v) is 27.0. The molecule has 8 heteroatoms. The summed E-state index contributed by atoms with van der Waals surface area (Å²) in [6, 6.07) is 25.6. The van der Waals surface area contributed by atoms with Crippen molar-refractivity contribution in [2.24, 2.45) is 0 Å². The lowest BCUT2D eigenvalue weighted by Gasteiger charge is -2.27. The van der Waals surface area contributed by atoms with E-state index in [9.17, 15) is 0 Å². The summed E-state index contributed by atoms with van der Waals surface area (Å²) in [6.07, 6.45) is 6.10. The van der Waals surface area contributed by atoms with Gasteiger partial charge in [0.15, 0.2) is 5.82 Å². The molecule has 2 N–H and O–H groups in total. The number of ether oxygens (including phenoxy) is 3. The summed E-state index contributed by atoms with van der Waals surface area (Å²) in [7, 11) is 3.36. The maximum atomic E-state index is 6.92. The number of methoxy groups -OCH3 is 2. The van der Waals surface area contributed by atoms with Crippen LogP contribution in [0.3, 0.4) is 0 Å². The zero-order valence-electron chi connectivity index (χ0n) is 27.0. The van der Waals surface area contributed by atoms with Gasteiger partial charge in [0.25, 0.3) is 0 Å². The molecule has 0 spiro atoms. The SMILES string of the molecule is CCCCOc1nc(CCc2ccc(CN3CCCC3)cc2)c(N)c(N(Cc2ccc(OC)cc2)Cc2ccc(OC)cc2)n1. The molecule has 1 saturated heterocycles. The third kappa shape index (κ3) is 9.11. The van der Waals surface area contributed by atoms with Crippen LogP contribution >= 0.6 is 0 Å². The summed E-state index contributed by atoms with van der Waals surface area (Å²) < 4.78 is 16.9. The molecule has 0 amide bonds. The Bertz CT molecular complexity index is 1420. The van der Waals surface area contributed by atoms with Crippen LogP contribution in [0.25, 0.3) is 0 Å². The zero-order chi connectivity index (χ0) is 31.4. The van der Waals surface area contributed by atoms with Crippen molar-refractivity contribution in [2.45, 2.75) is 65.1 Å². The predicted octanol–water partition coefficient (Wildman–Crippen LogP) is 6.84. The molecule has 1 aliphatic rings. The van der Waals surface area contributed by atoms with Gasteiger partial charge in [0.05, 0.1) is 32.2 Å². The van der Waals surface area contributed by atoms with Crippen LogP contribution in [0.1, 0.15) is 60.6 Å². The van der Waals surface area contributed by atoms with E-state index in [0.717, 1.165) is 54.1 Å². The number of aryl methyl sites for hydroxylation is 2. The lowest BCUT2D eigenvalue weighted by atomic mass is 10.0. The quantitative estimate of drug-likeness (QED) is 0.138. The Balaban J connectivity index is 1.41. The Morgan fingerprint density at radius 2 is 1.29 bits per heavy atom. The molecule has 1 fully saturated rings. The van der Waals surface area contributed by atoms with Gasteiger partial charge >= 0.3 is 6.01 Å². The molecule has 0 saturated carbocycles. The molecular weight excluding hydrogens is 562 g/mol. The van der Waals surface area contributed by atoms with Crippen molar-refractivity contribution < 1.29 is 14.2 Å². The van der Waals surface area contributed by atoms with Crippen molar-refractivity contribution in [3.05, 3.63) is 101 Å². The highest BCUT2D eigenvalue weighted by atomic mass is 16.5. The number of nitrogen functional groups attached to an aromatic ring is 1. The van der Waals surface area contributed by atoms with E-state index >= 15 is 0 Å². The molecule has 0 aliphatic carbocycles. The number of unbranched alkanes of at least 4 members (excludes halogenated alkanes) is 1. The molecule has 2 heterocycles. The van der Waals surface area contributed by atoms with Gasteiger partial charge in [-0.3, -0.25) is 4.90 Å². The van der Waals surface area contributed by atoms with Crippen molar-refractivity contribution >= 4 is 11.5 Å². The van der Waals surface area contributed by atoms with E-state index in [-0.39, 0.29) is 0 Å². The van der Waals surface area contributed by atoms with E-state index < -0.39 is 0 Å². The van der Waals surface area contributed by atoms with Gasteiger partial charge in [-0.25, -0.2) is 0 Å². The minimum absolute atomic E-state index is 0.373. The number of benzene rings is 3. The molecule has 0 atom stereocenters. The standard InChI is InChI=1S/C37H47N5O3/c1-4-5-24-45-37-39-34(21-16-28-8-10-29(11-9-28)25-41-22-6-7-23-41)35(38)36(40-37)42(26-30-12-17-32(43-2)18-13-30)27-31-14-19-33(44-3)20-15-31/h8-15,17-20H,4-7,16,21-27,38H2,1-3H3. The number of likely N-dealkylation sites (tertiary alicyclic amines) is 1. The van der Waals surface area contributed by atoms with Crippen molar-refractivity contribution in [3.63, 3.8) is 0 Å². The summed E-state index contributed by atoms with van der Waals surface area (Å²) >= 11 is 0. The van der Waals surface area contributed by atoms with E-state index in [4.69, 9.17) is 29.9 Å². The minimum atomic E-state index is 0.373. The molecule has 1 aliphatic heterocycles. The normalized spacial score (nSPS) is 13.1. The van der Waals surface area contributed by atoms with Gasteiger partial charge in [0.2, 0.25) is 0 Å². The first-order valence-corrected chi connectivity index (χ1v) is 16.1. The van der Waals surface area contributed by atoms with E-state index in [1.807, 2.05) is 24.3 Å². The molecule has 238 valence electrons. The van der Waals surface area contributed by atoms with E-state index in [1.165, 1.54) is 37.1 Å². The second-order valence-corrected chi connectivity index (χ2v) is 11.7. The van der Waals surface area contributed by atoms with Crippen molar-refractivity contribution in [1.29, 1.82) is 0 Å². The largest absolute Gasteiger partial charge is 0.497 e. The average molecular weight is 610 g/mol. The van der Waals surface area contributed by atoms with Crippen LogP contribution in [0, 0.1) is 0 Å². The highest BCUT2D eigenvalue weighted by molar-refractivity contribution is 5.66.